The van der Waals surface area contributed by atoms with Crippen molar-refractivity contribution >= 4 is 34.1 Å². The van der Waals surface area contributed by atoms with Gasteiger partial charge in [0.2, 0.25) is 0 Å². The fourth-order valence-electron chi connectivity index (χ4n) is 1.75. The summed E-state index contributed by atoms with van der Waals surface area (Å²) in [6.07, 6.45) is 1.81. The van der Waals surface area contributed by atoms with Gasteiger partial charge in [-0.15, -0.1) is 23.2 Å². The summed E-state index contributed by atoms with van der Waals surface area (Å²) >= 11 is 11.9. The van der Waals surface area contributed by atoms with E-state index in [1.807, 2.05) is 25.3 Å². The molecule has 0 fully saturated rings. The minimum absolute atomic E-state index is 0.250. The van der Waals surface area contributed by atoms with Crippen LogP contribution in [0.4, 0.5) is 0 Å². The first-order valence-electron chi connectivity index (χ1n) is 5.88. The minimum atomic E-state index is -0.250. The van der Waals surface area contributed by atoms with Gasteiger partial charge >= 0.3 is 0 Å². The number of pyridine rings is 1. The maximum atomic E-state index is 5.93. The van der Waals surface area contributed by atoms with E-state index in [2.05, 4.69) is 28.5 Å². The molecule has 0 spiro atoms. The molecule has 0 atom stereocenters. The van der Waals surface area contributed by atoms with Gasteiger partial charge in [0.25, 0.3) is 0 Å². The Morgan fingerprint density at radius 1 is 1.17 bits per heavy atom. The fourth-order valence-corrected chi connectivity index (χ4v) is 2.22. The van der Waals surface area contributed by atoms with E-state index >= 15 is 0 Å². The molecule has 1 aromatic heterocycles. The zero-order valence-electron chi connectivity index (χ0n) is 10.3. The summed E-state index contributed by atoms with van der Waals surface area (Å²) < 4.78 is 0. The summed E-state index contributed by atoms with van der Waals surface area (Å²) in [5.74, 6) is 0.962. The lowest BCUT2D eigenvalue weighted by atomic mass is 10.1. The highest BCUT2D eigenvalue weighted by Crippen LogP contribution is 2.17. The van der Waals surface area contributed by atoms with E-state index in [-0.39, 0.29) is 5.54 Å². The van der Waals surface area contributed by atoms with Crippen molar-refractivity contribution < 1.29 is 0 Å². The largest absolute Gasteiger partial charge is 0.305 e. The number of benzene rings is 1. The SMILES string of the molecule is CC(CCl)(CCl)NCc1cccc2cccnc12. The van der Waals surface area contributed by atoms with Crippen molar-refractivity contribution in [2.24, 2.45) is 0 Å². The highest BCUT2D eigenvalue weighted by atomic mass is 35.5. The van der Waals surface area contributed by atoms with Gasteiger partial charge in [-0.25, -0.2) is 0 Å². The molecule has 2 rings (SSSR count). The Morgan fingerprint density at radius 2 is 1.89 bits per heavy atom. The van der Waals surface area contributed by atoms with E-state index in [1.165, 1.54) is 0 Å². The van der Waals surface area contributed by atoms with Gasteiger partial charge in [0.1, 0.15) is 0 Å². The molecule has 2 aromatic rings. The van der Waals surface area contributed by atoms with Crippen LogP contribution < -0.4 is 5.32 Å². The van der Waals surface area contributed by atoms with Gasteiger partial charge in [-0.3, -0.25) is 4.98 Å². The summed E-state index contributed by atoms with van der Waals surface area (Å²) in [6.45, 7) is 2.73. The summed E-state index contributed by atoms with van der Waals surface area (Å²) in [6, 6.07) is 10.2. The molecule has 0 aliphatic rings. The first-order valence-corrected chi connectivity index (χ1v) is 6.95. The Bertz CT molecular complexity index is 519. The van der Waals surface area contributed by atoms with Crippen molar-refractivity contribution in [3.8, 4) is 0 Å². The third-order valence-corrected chi connectivity index (χ3v) is 4.19. The highest BCUT2D eigenvalue weighted by molar-refractivity contribution is 6.22. The lowest BCUT2D eigenvalue weighted by Gasteiger charge is -2.26. The van der Waals surface area contributed by atoms with Gasteiger partial charge < -0.3 is 5.32 Å². The van der Waals surface area contributed by atoms with Crippen molar-refractivity contribution in [3.05, 3.63) is 42.1 Å². The molecule has 1 aromatic carbocycles. The van der Waals surface area contributed by atoms with E-state index in [4.69, 9.17) is 23.2 Å². The molecule has 1 heterocycles. The van der Waals surface area contributed by atoms with Crippen LogP contribution in [0.15, 0.2) is 36.5 Å². The smallest absolute Gasteiger partial charge is 0.0746 e. The molecule has 0 aliphatic carbocycles. The van der Waals surface area contributed by atoms with Crippen LogP contribution in [0.5, 0.6) is 0 Å². The number of nitrogens with one attached hydrogen (secondary N) is 1. The summed E-state index contributed by atoms with van der Waals surface area (Å²) in [7, 11) is 0. The van der Waals surface area contributed by atoms with Crippen LogP contribution >= 0.6 is 23.2 Å². The maximum absolute atomic E-state index is 5.93. The van der Waals surface area contributed by atoms with Crippen LogP contribution in [-0.4, -0.2) is 22.3 Å². The monoisotopic (exact) mass is 282 g/mol. The molecule has 1 N–H and O–H groups in total. The Morgan fingerprint density at radius 3 is 2.61 bits per heavy atom. The van der Waals surface area contributed by atoms with Gasteiger partial charge in [-0.05, 0) is 18.6 Å². The van der Waals surface area contributed by atoms with Crippen LogP contribution in [0, 0.1) is 0 Å². The second-order valence-corrected chi connectivity index (χ2v) is 5.21. The van der Waals surface area contributed by atoms with Gasteiger partial charge in [-0.1, -0.05) is 24.3 Å². The maximum Gasteiger partial charge on any atom is 0.0746 e. The van der Waals surface area contributed by atoms with Gasteiger partial charge in [0, 0.05) is 35.4 Å². The molecule has 0 unspecified atom stereocenters. The molecule has 0 bridgehead atoms. The molecule has 0 saturated carbocycles. The predicted molar refractivity (Wildman–Crippen MR) is 78.4 cm³/mol. The average molecular weight is 283 g/mol. The second kappa shape index (κ2) is 5.87. The lowest BCUT2D eigenvalue weighted by Crippen LogP contribution is -2.45. The van der Waals surface area contributed by atoms with Crippen molar-refractivity contribution in [1.29, 1.82) is 0 Å². The fraction of sp³-hybridized carbons (Fsp3) is 0.357. The summed E-state index contributed by atoms with van der Waals surface area (Å²) in [4.78, 5) is 4.43. The van der Waals surface area contributed by atoms with Crippen LogP contribution in [-0.2, 0) is 6.54 Å². The average Bonchev–Trinajstić information content (AvgIpc) is 2.44. The van der Waals surface area contributed by atoms with E-state index < -0.39 is 0 Å². The molecule has 0 aliphatic heterocycles. The topological polar surface area (TPSA) is 24.9 Å². The van der Waals surface area contributed by atoms with Crippen LogP contribution in [0.2, 0.25) is 0 Å². The van der Waals surface area contributed by atoms with Gasteiger partial charge in [0.05, 0.1) is 5.52 Å². The molecule has 0 radical (unpaired) electrons. The number of aromatic nitrogens is 1. The Kier molecular flexibility index (Phi) is 4.44. The van der Waals surface area contributed by atoms with Crippen molar-refractivity contribution in [3.63, 3.8) is 0 Å². The molecular formula is C14H16Cl2N2. The van der Waals surface area contributed by atoms with E-state index in [0.717, 1.165) is 16.5 Å². The number of para-hydroxylation sites is 1. The molecule has 0 saturated heterocycles. The van der Waals surface area contributed by atoms with Gasteiger partial charge in [0.15, 0.2) is 0 Å². The van der Waals surface area contributed by atoms with Crippen molar-refractivity contribution in [2.45, 2.75) is 19.0 Å². The van der Waals surface area contributed by atoms with Gasteiger partial charge in [-0.2, -0.15) is 0 Å². The van der Waals surface area contributed by atoms with Crippen LogP contribution in [0.25, 0.3) is 10.9 Å². The number of fused-ring (bicyclic) bond motifs is 1. The first-order chi connectivity index (χ1) is 8.68. The predicted octanol–water partition coefficient (Wildman–Crippen LogP) is 3.56. The van der Waals surface area contributed by atoms with Crippen molar-refractivity contribution in [1.82, 2.24) is 10.3 Å². The Labute approximate surface area is 117 Å². The van der Waals surface area contributed by atoms with Crippen LogP contribution in [0.1, 0.15) is 12.5 Å². The molecular weight excluding hydrogens is 267 g/mol. The van der Waals surface area contributed by atoms with Crippen LogP contribution in [0.3, 0.4) is 0 Å². The summed E-state index contributed by atoms with van der Waals surface area (Å²) in [5, 5.41) is 4.55. The molecule has 18 heavy (non-hydrogen) atoms. The zero-order valence-corrected chi connectivity index (χ0v) is 11.8. The number of alkyl halides is 2. The third-order valence-electron chi connectivity index (χ3n) is 3.01. The number of rotatable bonds is 5. The first kappa shape index (κ1) is 13.6. The normalized spacial score (nSPS) is 11.9. The van der Waals surface area contributed by atoms with Crippen molar-refractivity contribution in [2.75, 3.05) is 11.8 Å². The van der Waals surface area contributed by atoms with E-state index in [9.17, 15) is 0 Å². The number of halogens is 2. The number of hydrogen-bond donors (Lipinski definition) is 1. The molecule has 0 amide bonds. The number of hydrogen-bond acceptors (Lipinski definition) is 2. The molecule has 2 nitrogen and oxygen atoms in total. The standard InChI is InChI=1S/C14H16Cl2N2/c1-14(9-15,10-16)18-8-12-5-2-4-11-6-3-7-17-13(11)12/h2-7,18H,8-10H2,1H3. The third kappa shape index (κ3) is 2.94. The molecule has 4 heteroatoms. The molecule has 96 valence electrons. The highest BCUT2D eigenvalue weighted by Gasteiger charge is 2.21. The lowest BCUT2D eigenvalue weighted by molar-refractivity contribution is 0.435. The zero-order chi connectivity index (χ0) is 13.0. The Hall–Kier alpha value is -0.830. The second-order valence-electron chi connectivity index (χ2n) is 4.67. The quantitative estimate of drug-likeness (QED) is 0.849. The summed E-state index contributed by atoms with van der Waals surface area (Å²) in [5.41, 5.74) is 1.94. The van der Waals surface area contributed by atoms with E-state index in [1.54, 1.807) is 0 Å². The van der Waals surface area contributed by atoms with E-state index in [0.29, 0.717) is 18.3 Å². The number of nitrogens with zero attached hydrogens (tertiary/aromatic N) is 1. The Balaban J connectivity index is 2.22. The minimum Gasteiger partial charge on any atom is -0.305 e.